The lowest BCUT2D eigenvalue weighted by Crippen LogP contribution is -2.25. The van der Waals surface area contributed by atoms with E-state index in [2.05, 4.69) is 33.0 Å². The lowest BCUT2D eigenvalue weighted by molar-refractivity contribution is 0.152. The van der Waals surface area contributed by atoms with Gasteiger partial charge in [-0.2, -0.15) is 0 Å². The van der Waals surface area contributed by atoms with Crippen LogP contribution in [0.15, 0.2) is 0 Å². The maximum atomic E-state index is 5.77. The molecule has 0 aromatic heterocycles. The largest absolute Gasteiger partial charge is 0.248 e. The minimum atomic E-state index is 0.612. The van der Waals surface area contributed by atoms with Crippen LogP contribution < -0.4 is 0 Å². The second-order valence-corrected chi connectivity index (χ2v) is 4.98. The third kappa shape index (κ3) is 4.88. The average Bonchev–Trinajstić information content (AvgIpc) is 2.20. The predicted molar refractivity (Wildman–Crippen MR) is 66.0 cm³/mol. The fraction of sp³-hybridized carbons (Fsp3) is 0.917. The van der Waals surface area contributed by atoms with Crippen LogP contribution in [0, 0.1) is 16.7 Å². The third-order valence-corrected chi connectivity index (χ3v) is 3.62. The number of nitrogens with one attached hydrogen (secondary N) is 1. The molecule has 0 radical (unpaired) electrons. The van der Waals surface area contributed by atoms with Gasteiger partial charge in [0.1, 0.15) is 0 Å². The third-order valence-electron chi connectivity index (χ3n) is 3.62. The van der Waals surface area contributed by atoms with Gasteiger partial charge in [-0.05, 0) is 36.4 Å². The summed E-state index contributed by atoms with van der Waals surface area (Å²) in [5, 5.41) is 7.36. The monoisotopic (exact) mass is 213 g/mol. The van der Waals surface area contributed by atoms with E-state index >= 15 is 0 Å². The van der Waals surface area contributed by atoms with E-state index in [4.69, 9.17) is 5.41 Å². The lowest BCUT2D eigenvalue weighted by atomic mass is 9.70. The Labute approximate surface area is 93.8 Å². The van der Waals surface area contributed by atoms with E-state index in [-0.39, 0.29) is 0 Å². The van der Waals surface area contributed by atoms with Crippen LogP contribution in [0.25, 0.3) is 0 Å². The molecule has 0 aliphatic heterocycles. The Morgan fingerprint density at radius 2 is 1.71 bits per heavy atom. The van der Waals surface area contributed by atoms with Gasteiger partial charge >= 0.3 is 0 Å². The minimum absolute atomic E-state index is 0.612. The van der Waals surface area contributed by atoms with Crippen molar-refractivity contribution in [1.29, 1.82) is 5.41 Å². The van der Waals surface area contributed by atoms with Crippen LogP contribution in [-0.4, -0.2) is 5.16 Å². The summed E-state index contributed by atoms with van der Waals surface area (Å²) in [4.78, 5) is 0. The summed E-state index contributed by atoms with van der Waals surface area (Å²) in [6.07, 6.45) is 8.76. The minimum Gasteiger partial charge on any atom is -0.248 e. The molecule has 1 nitrogen and oxygen atoms in total. The smallest absolute Gasteiger partial charge is 0.0554 e. The summed E-state index contributed by atoms with van der Waals surface area (Å²) < 4.78 is 0. The van der Waals surface area contributed by atoms with Crippen molar-refractivity contribution in [2.75, 3.05) is 0 Å². The molecule has 82 valence electrons. The zero-order valence-electron chi connectivity index (χ0n) is 9.73. The molecule has 0 atom stereocenters. The van der Waals surface area contributed by atoms with Crippen LogP contribution in [0.5, 0.6) is 0 Å². The number of rotatable bonds is 2. The van der Waals surface area contributed by atoms with E-state index < -0.39 is 0 Å². The normalized spacial score (nSPS) is 17.9. The van der Waals surface area contributed by atoms with Crippen molar-refractivity contribution in [3.63, 3.8) is 0 Å². The Morgan fingerprint density at radius 1 is 1.29 bits per heavy atom. The van der Waals surface area contributed by atoms with Gasteiger partial charge in [-0.1, -0.05) is 46.5 Å². The summed E-state index contributed by atoms with van der Waals surface area (Å²) in [6.45, 7) is 7.20. The molecule has 1 fully saturated rings. The van der Waals surface area contributed by atoms with E-state index in [1.54, 1.807) is 5.16 Å². The number of hydrogen-bond acceptors (Lipinski definition) is 2. The molecule has 0 bridgehead atoms. The average molecular weight is 213 g/mol. The van der Waals surface area contributed by atoms with E-state index in [1.807, 2.05) is 0 Å². The highest BCUT2D eigenvalue weighted by Gasteiger charge is 2.28. The van der Waals surface area contributed by atoms with Crippen LogP contribution in [0.2, 0.25) is 0 Å². The Bertz CT molecular complexity index is 175. The second kappa shape index (κ2) is 7.14. The quantitative estimate of drug-likeness (QED) is 0.523. The molecule has 0 unspecified atom stereocenters. The lowest BCUT2D eigenvalue weighted by Gasteiger charge is -2.36. The molecule has 1 N–H and O–H groups in total. The van der Waals surface area contributed by atoms with Gasteiger partial charge in [0.25, 0.3) is 0 Å². The fourth-order valence-corrected chi connectivity index (χ4v) is 2.17. The van der Waals surface area contributed by atoms with Crippen molar-refractivity contribution in [3.8, 4) is 0 Å². The van der Waals surface area contributed by atoms with Gasteiger partial charge < -0.3 is 0 Å². The van der Waals surface area contributed by atoms with E-state index in [0.29, 0.717) is 5.41 Å². The Kier molecular flexibility index (Phi) is 7.04. The predicted octanol–water partition coefficient (Wildman–Crippen LogP) is 4.67. The zero-order chi connectivity index (χ0) is 11.0. The molecular weight excluding hydrogens is 190 g/mol. The Balaban J connectivity index is 0.000000500. The van der Waals surface area contributed by atoms with Gasteiger partial charge in [0.15, 0.2) is 0 Å². The van der Waals surface area contributed by atoms with E-state index in [1.165, 1.54) is 38.5 Å². The first-order chi connectivity index (χ1) is 6.58. The van der Waals surface area contributed by atoms with Crippen molar-refractivity contribution in [2.45, 2.75) is 59.3 Å². The van der Waals surface area contributed by atoms with Gasteiger partial charge in [0.05, 0.1) is 5.16 Å². The van der Waals surface area contributed by atoms with Gasteiger partial charge in [-0.3, -0.25) is 0 Å². The molecule has 0 aromatic rings. The van der Waals surface area contributed by atoms with Crippen molar-refractivity contribution < 1.29 is 0 Å². The maximum Gasteiger partial charge on any atom is 0.0554 e. The Morgan fingerprint density at radius 3 is 2.07 bits per heavy atom. The van der Waals surface area contributed by atoms with Crippen molar-refractivity contribution >= 4 is 17.4 Å². The van der Waals surface area contributed by atoms with Crippen molar-refractivity contribution in [1.82, 2.24) is 0 Å². The van der Waals surface area contributed by atoms with Gasteiger partial charge in [-0.25, -0.2) is 5.41 Å². The highest BCUT2D eigenvalue weighted by atomic mass is 32.1. The molecule has 0 spiro atoms. The van der Waals surface area contributed by atoms with E-state index in [9.17, 15) is 0 Å². The van der Waals surface area contributed by atoms with Crippen LogP contribution in [-0.2, 0) is 0 Å². The molecule has 0 saturated heterocycles. The molecule has 2 heteroatoms. The molecule has 0 heterocycles. The SMILES string of the molecule is CCC(C)(C)C1CCCCC1.N=C=S. The summed E-state index contributed by atoms with van der Waals surface area (Å²) in [5.41, 5.74) is 0.612. The highest BCUT2D eigenvalue weighted by molar-refractivity contribution is 7.78. The molecular formula is C12H23NS. The number of thiocarbonyl (C=S) groups is 1. The summed E-state index contributed by atoms with van der Waals surface area (Å²) >= 11 is 3.81. The van der Waals surface area contributed by atoms with Crippen LogP contribution in [0.3, 0.4) is 0 Å². The van der Waals surface area contributed by atoms with Gasteiger partial charge in [-0.15, -0.1) is 0 Å². The summed E-state index contributed by atoms with van der Waals surface area (Å²) in [7, 11) is 0. The standard InChI is InChI=1S/C11H22.CHNS/c1-4-11(2,3)10-8-6-5-7-9-10;2-1-3/h10H,4-9H2,1-3H3;2H. The summed E-state index contributed by atoms with van der Waals surface area (Å²) in [5.74, 6) is 1.02. The first kappa shape index (κ1) is 13.8. The zero-order valence-corrected chi connectivity index (χ0v) is 10.5. The first-order valence-corrected chi connectivity index (χ1v) is 6.03. The van der Waals surface area contributed by atoms with Gasteiger partial charge in [0, 0.05) is 0 Å². The molecule has 14 heavy (non-hydrogen) atoms. The second-order valence-electron chi connectivity index (χ2n) is 4.78. The summed E-state index contributed by atoms with van der Waals surface area (Å²) in [6, 6.07) is 0. The molecule has 1 aliphatic rings. The molecule has 1 rings (SSSR count). The molecule has 0 amide bonds. The molecule has 1 saturated carbocycles. The van der Waals surface area contributed by atoms with Crippen LogP contribution >= 0.6 is 12.2 Å². The van der Waals surface area contributed by atoms with Crippen LogP contribution in [0.4, 0.5) is 0 Å². The Hall–Kier alpha value is -0.200. The van der Waals surface area contributed by atoms with E-state index in [0.717, 1.165) is 5.92 Å². The number of hydrogen-bond donors (Lipinski definition) is 1. The topological polar surface area (TPSA) is 23.9 Å². The van der Waals surface area contributed by atoms with Crippen LogP contribution in [0.1, 0.15) is 59.3 Å². The maximum absolute atomic E-state index is 5.77. The van der Waals surface area contributed by atoms with Crippen molar-refractivity contribution in [3.05, 3.63) is 0 Å². The molecule has 0 aromatic carbocycles. The molecule has 1 aliphatic carbocycles. The number of isothiocyanates is 1. The highest BCUT2D eigenvalue weighted by Crippen LogP contribution is 2.40. The van der Waals surface area contributed by atoms with Crippen molar-refractivity contribution in [2.24, 2.45) is 11.3 Å². The van der Waals surface area contributed by atoms with Gasteiger partial charge in [0.2, 0.25) is 0 Å². The fourth-order valence-electron chi connectivity index (χ4n) is 2.17. The first-order valence-electron chi connectivity index (χ1n) is 5.62.